The first kappa shape index (κ1) is 29.0. The van der Waals surface area contributed by atoms with Gasteiger partial charge in [-0.15, -0.1) is 0 Å². The van der Waals surface area contributed by atoms with Gasteiger partial charge in [0, 0.05) is 34.9 Å². The lowest BCUT2D eigenvalue weighted by Crippen LogP contribution is -2.58. The Labute approximate surface area is 252 Å². The zero-order chi connectivity index (χ0) is 28.9. The van der Waals surface area contributed by atoms with E-state index < -0.39 is 29.6 Å². The minimum Gasteiger partial charge on any atom is -0.359 e. The molecule has 6 rings (SSSR count). The lowest BCUT2D eigenvalue weighted by molar-refractivity contribution is -0.142. The zero-order valence-electron chi connectivity index (χ0n) is 23.8. The molecule has 10 heteroatoms. The van der Waals surface area contributed by atoms with Gasteiger partial charge < -0.3 is 25.2 Å². The van der Waals surface area contributed by atoms with Crippen LogP contribution in [-0.4, -0.2) is 77.5 Å². The third-order valence-corrected chi connectivity index (χ3v) is 10.6. The minimum atomic E-state index is -1.18. The van der Waals surface area contributed by atoms with Crippen molar-refractivity contribution in [1.29, 1.82) is 0 Å². The number of fused-ring (bicyclic) bond motifs is 1. The summed E-state index contributed by atoms with van der Waals surface area (Å²) in [4.78, 5) is 46.2. The Morgan fingerprint density at radius 2 is 1.73 bits per heavy atom. The maximum absolute atomic E-state index is 14.2. The lowest BCUT2D eigenvalue weighted by atomic mass is 9.73. The first-order valence-corrected chi connectivity index (χ1v) is 15.9. The first-order valence-electron chi connectivity index (χ1n) is 15.2. The van der Waals surface area contributed by atoms with Crippen LogP contribution in [0.15, 0.2) is 30.4 Å². The number of nitrogens with zero attached hydrogens (tertiary/aromatic N) is 2. The summed E-state index contributed by atoms with van der Waals surface area (Å²) >= 11 is 12.3. The molecule has 1 aromatic rings. The predicted octanol–water partition coefficient (Wildman–Crippen LogP) is 4.51. The largest absolute Gasteiger partial charge is 0.359 e. The molecule has 1 aliphatic carbocycles. The minimum absolute atomic E-state index is 0.0509. The first-order chi connectivity index (χ1) is 19.7. The number of piperidine rings is 1. The summed E-state index contributed by atoms with van der Waals surface area (Å²) in [5.74, 6) is -1.40. The van der Waals surface area contributed by atoms with Gasteiger partial charge in [-0.1, -0.05) is 68.5 Å². The second kappa shape index (κ2) is 11.5. The monoisotopic (exact) mass is 602 g/mol. The Morgan fingerprint density at radius 1 is 1.00 bits per heavy atom. The number of ether oxygens (including phenoxy) is 1. The van der Waals surface area contributed by atoms with Crippen LogP contribution in [0.2, 0.25) is 10.0 Å². The summed E-state index contributed by atoms with van der Waals surface area (Å²) in [5, 5.41) is 7.02. The molecular formula is C31H40Cl2N4O4. The highest BCUT2D eigenvalue weighted by Gasteiger charge is 2.72. The van der Waals surface area contributed by atoms with Crippen molar-refractivity contribution in [2.75, 3.05) is 31.5 Å². The number of carbonyl (C=O) groups excluding carboxylic acids is 3. The molecule has 4 heterocycles. The number of benzene rings is 1. The summed E-state index contributed by atoms with van der Waals surface area (Å²) in [6.07, 6.45) is 9.79. The molecule has 41 heavy (non-hydrogen) atoms. The van der Waals surface area contributed by atoms with Gasteiger partial charge in [0.15, 0.2) is 0 Å². The molecule has 3 amide bonds. The molecule has 5 aliphatic rings. The Hall–Kier alpha value is -2.13. The number of carbonyl (C=O) groups is 3. The van der Waals surface area contributed by atoms with Gasteiger partial charge in [-0.2, -0.15) is 0 Å². The third-order valence-electron chi connectivity index (χ3n) is 10.2. The Bertz CT molecular complexity index is 1220. The molecule has 0 radical (unpaired) electrons. The molecule has 3 saturated heterocycles. The summed E-state index contributed by atoms with van der Waals surface area (Å²) in [5.41, 5.74) is -0.721. The van der Waals surface area contributed by atoms with E-state index in [-0.39, 0.29) is 23.8 Å². The van der Waals surface area contributed by atoms with E-state index in [0.29, 0.717) is 40.7 Å². The standard InChI is InChI=1S/C31H40Cl2N4O4/c1-18-7-6-8-23(19(18)2)35-29(39)27-31-10-9-24(41-31)25(28(38)34-22-16-20(32)15-21(33)17-22)26(31)30(40)37(27)14-13-36-11-4-3-5-12-36/h9-10,15-19,23-27H,3-8,11-14H2,1-2H3,(H,34,38)(H,35,39)/t18-,19-,23+,24+,25-,26+,27+,31+/m1/s1. The number of hydrogen-bond donors (Lipinski definition) is 2. The second-order valence-electron chi connectivity index (χ2n) is 12.7. The fourth-order valence-electron chi connectivity index (χ4n) is 7.84. The van der Waals surface area contributed by atoms with Crippen LogP contribution < -0.4 is 10.6 Å². The molecule has 8 nitrogen and oxygen atoms in total. The number of nitrogens with one attached hydrogen (secondary N) is 2. The van der Waals surface area contributed by atoms with Gasteiger partial charge in [-0.25, -0.2) is 0 Å². The highest BCUT2D eigenvalue weighted by atomic mass is 35.5. The van der Waals surface area contributed by atoms with Crippen LogP contribution in [0.1, 0.15) is 52.4 Å². The summed E-state index contributed by atoms with van der Waals surface area (Å²) in [6.45, 7) is 7.55. The molecule has 1 spiro atoms. The Kier molecular flexibility index (Phi) is 8.13. The van der Waals surface area contributed by atoms with Crippen molar-refractivity contribution < 1.29 is 19.1 Å². The number of halogens is 2. The van der Waals surface area contributed by atoms with E-state index in [4.69, 9.17) is 27.9 Å². The van der Waals surface area contributed by atoms with Crippen LogP contribution in [-0.2, 0) is 19.1 Å². The molecule has 2 bridgehead atoms. The van der Waals surface area contributed by atoms with Crippen LogP contribution >= 0.6 is 23.2 Å². The van der Waals surface area contributed by atoms with Crippen LogP contribution in [0.25, 0.3) is 0 Å². The summed E-state index contributed by atoms with van der Waals surface area (Å²) < 4.78 is 6.51. The molecular weight excluding hydrogens is 563 g/mol. The van der Waals surface area contributed by atoms with Crippen molar-refractivity contribution in [2.24, 2.45) is 23.7 Å². The molecule has 0 aromatic heterocycles. The van der Waals surface area contributed by atoms with Crippen molar-refractivity contribution in [3.05, 3.63) is 40.4 Å². The van der Waals surface area contributed by atoms with Gasteiger partial charge in [0.05, 0.1) is 17.9 Å². The fourth-order valence-corrected chi connectivity index (χ4v) is 8.36. The molecule has 4 fully saturated rings. The van der Waals surface area contributed by atoms with Gasteiger partial charge in [0.25, 0.3) is 0 Å². The molecule has 1 saturated carbocycles. The van der Waals surface area contributed by atoms with E-state index in [0.717, 1.165) is 45.2 Å². The third kappa shape index (κ3) is 5.30. The number of amides is 3. The number of hydrogen-bond acceptors (Lipinski definition) is 5. The topological polar surface area (TPSA) is 91.0 Å². The molecule has 222 valence electrons. The fraction of sp³-hybridized carbons (Fsp3) is 0.645. The van der Waals surface area contributed by atoms with E-state index in [2.05, 4.69) is 29.4 Å². The van der Waals surface area contributed by atoms with Gasteiger partial charge in [-0.3, -0.25) is 14.4 Å². The van der Waals surface area contributed by atoms with E-state index in [1.54, 1.807) is 23.1 Å². The van der Waals surface area contributed by atoms with Crippen molar-refractivity contribution in [1.82, 2.24) is 15.1 Å². The normalized spacial score (nSPS) is 36.4. The highest BCUT2D eigenvalue weighted by molar-refractivity contribution is 6.35. The van der Waals surface area contributed by atoms with Crippen molar-refractivity contribution in [2.45, 2.75) is 76.2 Å². The van der Waals surface area contributed by atoms with E-state index in [9.17, 15) is 14.4 Å². The van der Waals surface area contributed by atoms with Crippen molar-refractivity contribution in [3.8, 4) is 0 Å². The second-order valence-corrected chi connectivity index (χ2v) is 13.5. The van der Waals surface area contributed by atoms with Gasteiger partial charge in [-0.05, 0) is 62.4 Å². The Morgan fingerprint density at radius 3 is 2.46 bits per heavy atom. The molecule has 8 atom stereocenters. The number of likely N-dealkylation sites (tertiary alicyclic amines) is 2. The maximum atomic E-state index is 14.2. The van der Waals surface area contributed by atoms with Gasteiger partial charge in [0.1, 0.15) is 11.6 Å². The molecule has 2 N–H and O–H groups in total. The van der Waals surface area contributed by atoms with Crippen LogP contribution in [0, 0.1) is 23.7 Å². The predicted molar refractivity (Wildman–Crippen MR) is 159 cm³/mol. The van der Waals surface area contributed by atoms with Gasteiger partial charge >= 0.3 is 0 Å². The lowest BCUT2D eigenvalue weighted by Gasteiger charge is -2.38. The van der Waals surface area contributed by atoms with Crippen molar-refractivity contribution in [3.63, 3.8) is 0 Å². The van der Waals surface area contributed by atoms with Crippen LogP contribution in [0.5, 0.6) is 0 Å². The van der Waals surface area contributed by atoms with Gasteiger partial charge in [0.2, 0.25) is 17.7 Å². The highest BCUT2D eigenvalue weighted by Crippen LogP contribution is 2.55. The SMILES string of the molecule is C[C@@H]1[C@H](C)CCC[C@@H]1NC(=O)[C@@H]1N(CCN2CCCCC2)C(=O)[C@@H]2[C@H](C(=O)Nc3cc(Cl)cc(Cl)c3)[C@@H]3C=C[C@]21O3. The molecule has 4 aliphatic heterocycles. The summed E-state index contributed by atoms with van der Waals surface area (Å²) in [6, 6.07) is 4.06. The number of anilines is 1. The Balaban J connectivity index is 1.28. The van der Waals surface area contributed by atoms with Crippen molar-refractivity contribution >= 4 is 46.6 Å². The summed E-state index contributed by atoms with van der Waals surface area (Å²) in [7, 11) is 0. The van der Waals surface area contributed by atoms with E-state index in [1.165, 1.54) is 6.42 Å². The maximum Gasteiger partial charge on any atom is 0.246 e. The average Bonchev–Trinajstić information content (AvgIpc) is 3.57. The van der Waals surface area contributed by atoms with E-state index >= 15 is 0 Å². The molecule has 1 aromatic carbocycles. The van der Waals surface area contributed by atoms with Crippen LogP contribution in [0.4, 0.5) is 5.69 Å². The smallest absolute Gasteiger partial charge is 0.246 e. The quantitative estimate of drug-likeness (QED) is 0.448. The average molecular weight is 604 g/mol. The zero-order valence-corrected chi connectivity index (χ0v) is 25.3. The van der Waals surface area contributed by atoms with Crippen LogP contribution in [0.3, 0.4) is 0 Å². The number of rotatable bonds is 7. The van der Waals surface area contributed by atoms with E-state index in [1.807, 2.05) is 12.2 Å². The molecule has 0 unspecified atom stereocenters.